The van der Waals surface area contributed by atoms with Gasteiger partial charge in [-0.3, -0.25) is 10.3 Å². The third-order valence-corrected chi connectivity index (χ3v) is 4.51. The van der Waals surface area contributed by atoms with E-state index in [4.69, 9.17) is 15.5 Å². The van der Waals surface area contributed by atoms with Crippen molar-refractivity contribution in [1.82, 2.24) is 19.9 Å². The van der Waals surface area contributed by atoms with Crippen LogP contribution >= 0.6 is 0 Å². The highest BCUT2D eigenvalue weighted by Gasteiger charge is 2.21. The number of hydrogen-bond donors (Lipinski definition) is 2. The summed E-state index contributed by atoms with van der Waals surface area (Å²) in [4.78, 5) is 24.1. The molecular weight excluding hydrogens is 332 g/mol. The van der Waals surface area contributed by atoms with Gasteiger partial charge in [-0.25, -0.2) is 14.8 Å². The van der Waals surface area contributed by atoms with Crippen LogP contribution in [0.3, 0.4) is 0 Å². The van der Waals surface area contributed by atoms with Crippen molar-refractivity contribution in [2.24, 2.45) is 17.8 Å². The van der Waals surface area contributed by atoms with Gasteiger partial charge in [0, 0.05) is 48.8 Å². The fourth-order valence-corrected chi connectivity index (χ4v) is 2.99. The van der Waals surface area contributed by atoms with Crippen molar-refractivity contribution < 1.29 is 9.53 Å². The van der Waals surface area contributed by atoms with Gasteiger partial charge in [0.05, 0.1) is 24.2 Å². The van der Waals surface area contributed by atoms with Crippen LogP contribution in [0.15, 0.2) is 29.4 Å². The molecule has 1 fully saturated rings. The Kier molecular flexibility index (Phi) is 5.13. The van der Waals surface area contributed by atoms with Crippen LogP contribution in [0.25, 0.3) is 17.3 Å². The van der Waals surface area contributed by atoms with E-state index in [9.17, 15) is 4.79 Å². The van der Waals surface area contributed by atoms with Crippen molar-refractivity contribution in [3.63, 3.8) is 0 Å². The molecule has 1 unspecified atom stereocenters. The number of aliphatic imine (C=N–C) groups is 1. The number of nitrogens with two attached hydrogens (primary N) is 1. The number of hydrogen-bond acceptors (Lipinski definition) is 5. The largest absolute Gasteiger partial charge is 0.381 e. The molecule has 8 heteroatoms. The normalized spacial score (nSPS) is 17.3. The number of nitrogens with zero attached hydrogens (tertiary/aromatic N) is 4. The SMILES string of the molecule is C=N/C(=C\c1c(-c2cncc(C3CCOC3)n2)cn(C)c1C)NC(N)=O. The average molecular weight is 354 g/mol. The zero-order valence-electron chi connectivity index (χ0n) is 14.9. The van der Waals surface area contributed by atoms with Crippen molar-refractivity contribution in [3.05, 3.63) is 41.4 Å². The van der Waals surface area contributed by atoms with Gasteiger partial charge in [-0.05, 0) is 26.1 Å². The Morgan fingerprint density at radius 3 is 3.00 bits per heavy atom. The predicted molar refractivity (Wildman–Crippen MR) is 99.6 cm³/mol. The molecule has 0 spiro atoms. The summed E-state index contributed by atoms with van der Waals surface area (Å²) in [6.07, 6.45) is 8.18. The van der Waals surface area contributed by atoms with Gasteiger partial charge in [-0.15, -0.1) is 0 Å². The minimum atomic E-state index is -0.693. The van der Waals surface area contributed by atoms with E-state index in [0.717, 1.165) is 41.2 Å². The molecule has 3 N–H and O–H groups in total. The van der Waals surface area contributed by atoms with E-state index in [1.807, 2.05) is 24.7 Å². The van der Waals surface area contributed by atoms with Crippen LogP contribution in [0, 0.1) is 6.92 Å². The molecule has 0 radical (unpaired) electrons. The molecule has 0 aliphatic carbocycles. The Morgan fingerprint density at radius 1 is 1.54 bits per heavy atom. The maximum atomic E-state index is 11.1. The standard InChI is InChI=1S/C18H22N6O2/c1-11-13(6-17(20-2)23-18(19)25)14(9-24(11)3)16-8-21-7-15(22-16)12-4-5-26-10-12/h6-9,12H,2,4-5,10H2,1,3H3,(H3,19,23,25)/b17-6+. The molecule has 0 aromatic carbocycles. The van der Waals surface area contributed by atoms with Gasteiger partial charge in [0.1, 0.15) is 5.82 Å². The molecule has 1 saturated heterocycles. The quantitative estimate of drug-likeness (QED) is 0.800. The van der Waals surface area contributed by atoms with E-state index >= 15 is 0 Å². The maximum Gasteiger partial charge on any atom is 0.317 e. The van der Waals surface area contributed by atoms with Crippen LogP contribution in [-0.2, 0) is 11.8 Å². The van der Waals surface area contributed by atoms with E-state index < -0.39 is 6.03 Å². The summed E-state index contributed by atoms with van der Waals surface area (Å²) in [6, 6.07) is -0.693. The van der Waals surface area contributed by atoms with E-state index in [1.54, 1.807) is 18.5 Å². The topological polar surface area (TPSA) is 107 Å². The van der Waals surface area contributed by atoms with Crippen LogP contribution in [0.5, 0.6) is 0 Å². The molecule has 1 aliphatic rings. The van der Waals surface area contributed by atoms with Crippen LogP contribution in [0.2, 0.25) is 0 Å². The predicted octanol–water partition coefficient (Wildman–Crippen LogP) is 1.96. The summed E-state index contributed by atoms with van der Waals surface area (Å²) < 4.78 is 7.44. The number of nitrogens with one attached hydrogen (secondary N) is 1. The summed E-state index contributed by atoms with van der Waals surface area (Å²) >= 11 is 0. The second-order valence-electron chi connectivity index (χ2n) is 6.22. The number of carbonyl (C=O) groups is 1. The summed E-state index contributed by atoms with van der Waals surface area (Å²) in [6.45, 7) is 6.88. The fourth-order valence-electron chi connectivity index (χ4n) is 2.99. The Hall–Kier alpha value is -3.00. The number of urea groups is 1. The smallest absolute Gasteiger partial charge is 0.317 e. The first-order chi connectivity index (χ1) is 12.5. The first-order valence-electron chi connectivity index (χ1n) is 8.30. The summed E-state index contributed by atoms with van der Waals surface area (Å²) in [7, 11) is 1.95. The second kappa shape index (κ2) is 7.49. The first kappa shape index (κ1) is 17.8. The number of amides is 2. The second-order valence-corrected chi connectivity index (χ2v) is 6.22. The third-order valence-electron chi connectivity index (χ3n) is 4.51. The molecule has 8 nitrogen and oxygen atoms in total. The van der Waals surface area contributed by atoms with Crippen LogP contribution in [0.4, 0.5) is 4.79 Å². The monoisotopic (exact) mass is 354 g/mol. The lowest BCUT2D eigenvalue weighted by atomic mass is 10.0. The lowest BCUT2D eigenvalue weighted by molar-refractivity contribution is 0.193. The van der Waals surface area contributed by atoms with Crippen molar-refractivity contribution in [1.29, 1.82) is 0 Å². The molecule has 3 rings (SSSR count). The summed E-state index contributed by atoms with van der Waals surface area (Å²) in [5.74, 6) is 0.550. The Labute approximate surface area is 151 Å². The first-order valence-corrected chi connectivity index (χ1v) is 8.30. The fraction of sp³-hybridized carbons (Fsp3) is 0.333. The number of aryl methyl sites for hydroxylation is 1. The zero-order chi connectivity index (χ0) is 18.7. The van der Waals surface area contributed by atoms with E-state index in [-0.39, 0.29) is 11.7 Å². The number of aromatic nitrogens is 3. The number of rotatable bonds is 5. The molecule has 136 valence electrons. The zero-order valence-corrected chi connectivity index (χ0v) is 14.9. The molecule has 1 atom stereocenters. The molecule has 1 aliphatic heterocycles. The van der Waals surface area contributed by atoms with Crippen LogP contribution in [-0.4, -0.2) is 40.5 Å². The van der Waals surface area contributed by atoms with Gasteiger partial charge < -0.3 is 15.0 Å². The Morgan fingerprint density at radius 2 is 2.35 bits per heavy atom. The van der Waals surface area contributed by atoms with Gasteiger partial charge in [-0.2, -0.15) is 0 Å². The van der Waals surface area contributed by atoms with E-state index in [0.29, 0.717) is 6.61 Å². The highest BCUT2D eigenvalue weighted by Crippen LogP contribution is 2.30. The van der Waals surface area contributed by atoms with Gasteiger partial charge in [-0.1, -0.05) is 0 Å². The lowest BCUT2D eigenvalue weighted by Gasteiger charge is -2.09. The molecule has 2 aromatic heterocycles. The summed E-state index contributed by atoms with van der Waals surface area (Å²) in [5.41, 5.74) is 9.62. The third kappa shape index (κ3) is 3.65. The van der Waals surface area contributed by atoms with Gasteiger partial charge in [0.15, 0.2) is 0 Å². The lowest BCUT2D eigenvalue weighted by Crippen LogP contribution is -2.27. The van der Waals surface area contributed by atoms with E-state index in [2.05, 4.69) is 22.0 Å². The molecule has 2 amide bonds. The van der Waals surface area contributed by atoms with Gasteiger partial charge in [0.2, 0.25) is 0 Å². The van der Waals surface area contributed by atoms with E-state index in [1.165, 1.54) is 0 Å². The van der Waals surface area contributed by atoms with Crippen LogP contribution < -0.4 is 11.1 Å². The van der Waals surface area contributed by atoms with Gasteiger partial charge in [0.25, 0.3) is 0 Å². The minimum Gasteiger partial charge on any atom is -0.381 e. The Bertz CT molecular complexity index is 865. The molecule has 0 saturated carbocycles. The minimum absolute atomic E-state index is 0.271. The Balaban J connectivity index is 2.04. The number of ether oxygens (including phenoxy) is 1. The molecule has 2 aromatic rings. The molecule has 0 bridgehead atoms. The molecule has 26 heavy (non-hydrogen) atoms. The van der Waals surface area contributed by atoms with Crippen molar-refractivity contribution in [2.45, 2.75) is 19.3 Å². The number of carbonyl (C=O) groups excluding carboxylic acids is 1. The molecular formula is C18H22N6O2. The van der Waals surface area contributed by atoms with Crippen molar-refractivity contribution in [3.8, 4) is 11.3 Å². The molecule has 3 heterocycles. The highest BCUT2D eigenvalue weighted by molar-refractivity contribution is 5.79. The number of primary amides is 1. The van der Waals surface area contributed by atoms with Crippen molar-refractivity contribution in [2.75, 3.05) is 13.2 Å². The van der Waals surface area contributed by atoms with Crippen LogP contribution in [0.1, 0.15) is 29.3 Å². The highest BCUT2D eigenvalue weighted by atomic mass is 16.5. The average Bonchev–Trinajstić information content (AvgIpc) is 3.25. The van der Waals surface area contributed by atoms with Crippen molar-refractivity contribution >= 4 is 18.8 Å². The summed E-state index contributed by atoms with van der Waals surface area (Å²) in [5, 5.41) is 2.46. The maximum absolute atomic E-state index is 11.1. The van der Waals surface area contributed by atoms with Gasteiger partial charge >= 0.3 is 6.03 Å².